The molecule has 2 rings (SSSR count). The van der Waals surface area contributed by atoms with E-state index in [1.165, 1.54) is 31.3 Å². The van der Waals surface area contributed by atoms with Crippen LogP contribution >= 0.6 is 0 Å². The number of hydrogen-bond acceptors (Lipinski definition) is 1. The van der Waals surface area contributed by atoms with Crippen molar-refractivity contribution >= 4 is 24.1 Å². The number of benzene rings is 1. The second-order valence-electron chi connectivity index (χ2n) is 4.30. The molecule has 0 bridgehead atoms. The first kappa shape index (κ1) is 11.9. The van der Waals surface area contributed by atoms with E-state index in [1.54, 1.807) is 8.70 Å². The molecule has 1 nitrogen and oxygen atoms in total. The second kappa shape index (κ2) is 5.67. The summed E-state index contributed by atoms with van der Waals surface area (Å²) < 4.78 is 3.21. The quantitative estimate of drug-likeness (QED) is 0.761. The molecule has 0 radical (unpaired) electrons. The van der Waals surface area contributed by atoms with Crippen LogP contribution in [0.2, 0.25) is 0 Å². The molecule has 0 atom stereocenters. The van der Waals surface area contributed by atoms with Crippen molar-refractivity contribution in [3.05, 3.63) is 34.8 Å². The Morgan fingerprint density at radius 3 is 2.75 bits per heavy atom. The zero-order valence-corrected chi connectivity index (χ0v) is 11.8. The topological polar surface area (TPSA) is 3.24 Å². The first-order valence-electron chi connectivity index (χ1n) is 5.95. The summed E-state index contributed by atoms with van der Waals surface area (Å²) in [6.07, 6.45) is 2.49. The molecule has 0 spiro atoms. The summed E-state index contributed by atoms with van der Waals surface area (Å²) in [5.41, 5.74) is 0. The van der Waals surface area contributed by atoms with Crippen molar-refractivity contribution in [2.75, 3.05) is 20.1 Å². The van der Waals surface area contributed by atoms with E-state index in [4.69, 9.17) is 0 Å². The van der Waals surface area contributed by atoms with Gasteiger partial charge in [0, 0.05) is 0 Å². The second-order valence-corrected chi connectivity index (χ2v) is 6.76. The molecule has 1 aromatic heterocycles. The van der Waals surface area contributed by atoms with Crippen LogP contribution in [-0.2, 0) is 6.42 Å². The van der Waals surface area contributed by atoms with Crippen LogP contribution in [0, 0.1) is 0 Å². The Morgan fingerprint density at radius 1 is 1.19 bits per heavy atom. The molecular weight excluding hydrogens is 261 g/mol. The van der Waals surface area contributed by atoms with Crippen molar-refractivity contribution in [2.24, 2.45) is 0 Å². The van der Waals surface area contributed by atoms with Crippen molar-refractivity contribution < 1.29 is 0 Å². The van der Waals surface area contributed by atoms with Gasteiger partial charge in [-0.3, -0.25) is 0 Å². The number of fused-ring (bicyclic) bond motifs is 1. The van der Waals surface area contributed by atoms with Crippen LogP contribution in [0.15, 0.2) is 30.3 Å². The van der Waals surface area contributed by atoms with E-state index in [0.29, 0.717) is 14.5 Å². The van der Waals surface area contributed by atoms with E-state index in [-0.39, 0.29) is 0 Å². The Hall–Kier alpha value is -0.561. The molecule has 0 saturated heterocycles. The zero-order valence-electron chi connectivity index (χ0n) is 10.1. The Labute approximate surface area is 104 Å². The van der Waals surface area contributed by atoms with Crippen LogP contribution in [0.4, 0.5) is 0 Å². The standard InChI is InChI=1S/C14H19NSe/c1-3-9-15(2)10-8-13-11-12-6-4-5-7-14(12)16-13/h4-7,11H,3,8-10H2,1-2H3. The van der Waals surface area contributed by atoms with E-state index in [9.17, 15) is 0 Å². The van der Waals surface area contributed by atoms with Crippen molar-refractivity contribution in [3.63, 3.8) is 0 Å². The van der Waals surface area contributed by atoms with Gasteiger partial charge < -0.3 is 0 Å². The molecule has 0 aliphatic carbocycles. The minimum atomic E-state index is 0.587. The van der Waals surface area contributed by atoms with Gasteiger partial charge in [0.05, 0.1) is 0 Å². The predicted molar refractivity (Wildman–Crippen MR) is 72.4 cm³/mol. The molecule has 86 valence electrons. The van der Waals surface area contributed by atoms with Crippen LogP contribution < -0.4 is 0 Å². The van der Waals surface area contributed by atoms with Crippen molar-refractivity contribution in [2.45, 2.75) is 19.8 Å². The molecule has 0 unspecified atom stereocenters. The molecule has 0 aliphatic rings. The van der Waals surface area contributed by atoms with Gasteiger partial charge in [0.2, 0.25) is 0 Å². The van der Waals surface area contributed by atoms with E-state index in [1.807, 2.05) is 0 Å². The number of hydrogen-bond donors (Lipinski definition) is 0. The fourth-order valence-corrected chi connectivity index (χ4v) is 4.16. The third-order valence-electron chi connectivity index (χ3n) is 2.82. The van der Waals surface area contributed by atoms with Crippen LogP contribution in [0.5, 0.6) is 0 Å². The minimum absolute atomic E-state index is 0.587. The average Bonchev–Trinajstić information content (AvgIpc) is 2.69. The van der Waals surface area contributed by atoms with Gasteiger partial charge >= 0.3 is 104 Å². The maximum atomic E-state index is 2.43. The summed E-state index contributed by atoms with van der Waals surface area (Å²) in [6, 6.07) is 11.2. The molecule has 2 aromatic rings. The molecule has 0 saturated carbocycles. The normalized spacial score (nSPS) is 11.4. The molecule has 0 N–H and O–H groups in total. The van der Waals surface area contributed by atoms with Gasteiger partial charge in [0.25, 0.3) is 0 Å². The van der Waals surface area contributed by atoms with Crippen LogP contribution in [0.1, 0.15) is 17.8 Å². The van der Waals surface area contributed by atoms with Gasteiger partial charge in [-0.15, -0.1) is 0 Å². The number of rotatable bonds is 5. The first-order valence-corrected chi connectivity index (χ1v) is 7.67. The van der Waals surface area contributed by atoms with E-state index >= 15 is 0 Å². The summed E-state index contributed by atoms with van der Waals surface area (Å²) in [5.74, 6) is 0. The summed E-state index contributed by atoms with van der Waals surface area (Å²) in [4.78, 5) is 2.43. The van der Waals surface area contributed by atoms with Crippen molar-refractivity contribution in [1.82, 2.24) is 4.90 Å². The predicted octanol–water partition coefficient (Wildman–Crippen LogP) is 2.78. The summed E-state index contributed by atoms with van der Waals surface area (Å²) in [6.45, 7) is 4.66. The molecule has 16 heavy (non-hydrogen) atoms. The average molecular weight is 280 g/mol. The first-order chi connectivity index (χ1) is 7.79. The zero-order chi connectivity index (χ0) is 11.4. The fraction of sp³-hybridized carbons (Fsp3) is 0.429. The van der Waals surface area contributed by atoms with E-state index in [0.717, 1.165) is 0 Å². The monoisotopic (exact) mass is 281 g/mol. The molecule has 1 heterocycles. The Morgan fingerprint density at radius 2 is 2.00 bits per heavy atom. The Kier molecular flexibility index (Phi) is 4.22. The molecule has 0 fully saturated rings. The molecule has 0 aliphatic heterocycles. The van der Waals surface area contributed by atoms with Gasteiger partial charge in [-0.05, 0) is 0 Å². The molecule has 1 aromatic carbocycles. The SMILES string of the molecule is CCCN(C)CCc1cc2ccccc2[se]1. The third kappa shape index (κ3) is 2.97. The van der Waals surface area contributed by atoms with Crippen LogP contribution in [0.25, 0.3) is 9.65 Å². The third-order valence-corrected chi connectivity index (χ3v) is 5.29. The van der Waals surface area contributed by atoms with Crippen LogP contribution in [-0.4, -0.2) is 39.5 Å². The van der Waals surface area contributed by atoms with Gasteiger partial charge in [0.15, 0.2) is 0 Å². The summed E-state index contributed by atoms with van der Waals surface area (Å²) in [7, 11) is 2.22. The van der Waals surface area contributed by atoms with Crippen molar-refractivity contribution in [1.29, 1.82) is 0 Å². The maximum absolute atomic E-state index is 2.43. The molecule has 0 amide bonds. The van der Waals surface area contributed by atoms with Crippen LogP contribution in [0.3, 0.4) is 0 Å². The Bertz CT molecular complexity index is 414. The summed E-state index contributed by atoms with van der Waals surface area (Å²) in [5, 5.41) is 1.45. The number of nitrogens with zero attached hydrogens (tertiary/aromatic N) is 1. The molecular formula is C14H19NSe. The van der Waals surface area contributed by atoms with Gasteiger partial charge in [-0.2, -0.15) is 0 Å². The summed E-state index contributed by atoms with van der Waals surface area (Å²) >= 11 is 0.587. The van der Waals surface area contributed by atoms with Crippen molar-refractivity contribution in [3.8, 4) is 0 Å². The van der Waals surface area contributed by atoms with Gasteiger partial charge in [-0.25, -0.2) is 0 Å². The fourth-order valence-electron chi connectivity index (χ4n) is 1.95. The Balaban J connectivity index is 1.99. The van der Waals surface area contributed by atoms with Gasteiger partial charge in [0.1, 0.15) is 0 Å². The van der Waals surface area contributed by atoms with E-state index in [2.05, 4.69) is 49.2 Å². The van der Waals surface area contributed by atoms with E-state index < -0.39 is 0 Å². The molecule has 2 heteroatoms. The van der Waals surface area contributed by atoms with Gasteiger partial charge in [-0.1, -0.05) is 0 Å². The number of likely N-dealkylation sites (N-methyl/N-ethyl adjacent to an activating group) is 1.